The molecule has 0 fully saturated rings. The molecule has 4 nitrogen and oxygen atoms in total. The van der Waals surface area contributed by atoms with Crippen LogP contribution in [-0.4, -0.2) is 4.92 Å². The van der Waals surface area contributed by atoms with Crippen LogP contribution in [0.15, 0.2) is 42.5 Å². The number of nitro groups is 1. The highest BCUT2D eigenvalue weighted by atomic mass is 35.5. The predicted octanol–water partition coefficient (Wildman–Crippen LogP) is 4.98. The molecule has 1 heterocycles. The van der Waals surface area contributed by atoms with Crippen molar-refractivity contribution in [2.45, 2.75) is 26.3 Å². The minimum Gasteiger partial charge on any atom is -0.377 e. The Bertz CT molecular complexity index is 743. The Morgan fingerprint density at radius 2 is 2.05 bits per heavy atom. The highest BCUT2D eigenvalue weighted by Gasteiger charge is 2.36. The van der Waals surface area contributed by atoms with Gasteiger partial charge in [-0.25, -0.2) is 0 Å². The highest BCUT2D eigenvalue weighted by Crippen LogP contribution is 2.45. The van der Waals surface area contributed by atoms with Crippen molar-refractivity contribution in [1.82, 2.24) is 0 Å². The molecule has 0 aromatic heterocycles. The topological polar surface area (TPSA) is 55.2 Å². The second kappa shape index (κ2) is 5.29. The smallest absolute Gasteiger partial charge is 0.269 e. The van der Waals surface area contributed by atoms with Crippen LogP contribution in [0.4, 0.5) is 11.4 Å². The summed E-state index contributed by atoms with van der Waals surface area (Å²) in [4.78, 5) is 10.6. The molecule has 2 aromatic carbocycles. The fourth-order valence-corrected chi connectivity index (χ4v) is 3.34. The molecule has 0 aliphatic carbocycles. The van der Waals surface area contributed by atoms with E-state index in [1.807, 2.05) is 24.3 Å². The lowest BCUT2D eigenvalue weighted by Gasteiger charge is -2.41. The molecule has 1 aliphatic rings. The van der Waals surface area contributed by atoms with Gasteiger partial charge in [-0.2, -0.15) is 0 Å². The molecule has 0 radical (unpaired) electrons. The van der Waals surface area contributed by atoms with Crippen molar-refractivity contribution in [3.8, 4) is 0 Å². The van der Waals surface area contributed by atoms with Gasteiger partial charge in [0.25, 0.3) is 5.69 Å². The van der Waals surface area contributed by atoms with Crippen molar-refractivity contribution in [3.63, 3.8) is 0 Å². The summed E-state index contributed by atoms with van der Waals surface area (Å²) in [5.41, 5.74) is 3.20. The summed E-state index contributed by atoms with van der Waals surface area (Å²) < 4.78 is 0. The number of hydrogen-bond acceptors (Lipinski definition) is 3. The summed E-state index contributed by atoms with van der Waals surface area (Å²) in [6, 6.07) is 12.7. The Balaban J connectivity index is 2.02. The number of anilines is 1. The largest absolute Gasteiger partial charge is 0.377 e. The van der Waals surface area contributed by atoms with E-state index in [2.05, 4.69) is 19.2 Å². The summed E-state index contributed by atoms with van der Waals surface area (Å²) in [7, 11) is 0. The molecule has 0 amide bonds. The average Bonchev–Trinajstić information content (AvgIpc) is 2.45. The second-order valence-corrected chi connectivity index (χ2v) is 6.83. The molecule has 114 valence electrons. The number of benzene rings is 2. The van der Waals surface area contributed by atoms with Gasteiger partial charge < -0.3 is 5.32 Å². The molecule has 0 saturated heterocycles. The van der Waals surface area contributed by atoms with E-state index in [0.29, 0.717) is 0 Å². The van der Waals surface area contributed by atoms with Crippen LogP contribution in [0.1, 0.15) is 31.0 Å². The molecule has 0 spiro atoms. The van der Waals surface area contributed by atoms with E-state index in [0.717, 1.165) is 22.7 Å². The molecule has 5 heteroatoms. The van der Waals surface area contributed by atoms with E-state index in [1.165, 1.54) is 11.6 Å². The van der Waals surface area contributed by atoms with Crippen molar-refractivity contribution in [1.29, 1.82) is 0 Å². The van der Waals surface area contributed by atoms with E-state index in [4.69, 9.17) is 11.6 Å². The quantitative estimate of drug-likeness (QED) is 0.627. The van der Waals surface area contributed by atoms with Gasteiger partial charge in [-0.05, 0) is 41.2 Å². The number of halogens is 1. The third kappa shape index (κ3) is 2.66. The molecular formula is C17H17ClN2O2. The maximum atomic E-state index is 11.0. The van der Waals surface area contributed by atoms with Gasteiger partial charge >= 0.3 is 0 Å². The molecule has 0 unspecified atom stereocenters. The molecule has 0 saturated carbocycles. The zero-order chi connectivity index (χ0) is 15.9. The zero-order valence-corrected chi connectivity index (χ0v) is 13.2. The minimum atomic E-state index is -0.354. The van der Waals surface area contributed by atoms with Crippen molar-refractivity contribution in [3.05, 3.63) is 68.7 Å². The number of fused-ring (bicyclic) bond motifs is 1. The minimum absolute atomic E-state index is 0.0149. The van der Waals surface area contributed by atoms with Gasteiger partial charge in [-0.15, -0.1) is 0 Å². The van der Waals surface area contributed by atoms with Crippen molar-refractivity contribution < 1.29 is 4.92 Å². The first kappa shape index (κ1) is 14.9. The molecule has 22 heavy (non-hydrogen) atoms. The van der Waals surface area contributed by atoms with Crippen LogP contribution < -0.4 is 5.32 Å². The molecular weight excluding hydrogens is 300 g/mol. The first-order valence-electron chi connectivity index (χ1n) is 7.16. The van der Waals surface area contributed by atoms with Gasteiger partial charge in [0.1, 0.15) is 0 Å². The van der Waals surface area contributed by atoms with Crippen molar-refractivity contribution in [2.24, 2.45) is 5.41 Å². The third-order valence-electron chi connectivity index (χ3n) is 4.21. The first-order valence-corrected chi connectivity index (χ1v) is 7.54. The molecule has 1 aliphatic heterocycles. The van der Waals surface area contributed by atoms with Crippen LogP contribution in [0.2, 0.25) is 5.02 Å². The normalized spacial score (nSPS) is 19.1. The molecule has 2 aromatic rings. The van der Waals surface area contributed by atoms with Gasteiger partial charge in [0.2, 0.25) is 0 Å². The van der Waals surface area contributed by atoms with Gasteiger partial charge in [0.15, 0.2) is 0 Å². The first-order chi connectivity index (χ1) is 10.4. The average molecular weight is 317 g/mol. The van der Waals surface area contributed by atoms with E-state index >= 15 is 0 Å². The lowest BCUT2D eigenvalue weighted by Crippen LogP contribution is -2.34. The second-order valence-electron chi connectivity index (χ2n) is 6.40. The lowest BCUT2D eigenvalue weighted by atomic mass is 9.73. The van der Waals surface area contributed by atoms with Gasteiger partial charge in [0, 0.05) is 22.8 Å². The van der Waals surface area contributed by atoms with E-state index in [9.17, 15) is 10.1 Å². The number of non-ortho nitro benzene ring substituents is 1. The summed E-state index contributed by atoms with van der Waals surface area (Å²) in [6.45, 7) is 4.32. The number of nitrogens with one attached hydrogen (secondary N) is 1. The number of nitro benzene ring substituents is 1. The lowest BCUT2D eigenvalue weighted by molar-refractivity contribution is -0.384. The Morgan fingerprint density at radius 1 is 1.27 bits per heavy atom. The Kier molecular flexibility index (Phi) is 3.57. The van der Waals surface area contributed by atoms with Crippen LogP contribution >= 0.6 is 11.6 Å². The van der Waals surface area contributed by atoms with Crippen LogP contribution in [0, 0.1) is 15.5 Å². The van der Waals surface area contributed by atoms with E-state index in [-0.39, 0.29) is 22.1 Å². The van der Waals surface area contributed by atoms with E-state index in [1.54, 1.807) is 12.1 Å². The highest BCUT2D eigenvalue weighted by molar-refractivity contribution is 6.30. The number of hydrogen-bond donors (Lipinski definition) is 1. The van der Waals surface area contributed by atoms with Crippen LogP contribution in [0.25, 0.3) is 0 Å². The summed E-state index contributed by atoms with van der Waals surface area (Å²) in [6.07, 6.45) is 0.864. The van der Waals surface area contributed by atoms with E-state index < -0.39 is 0 Å². The van der Waals surface area contributed by atoms with Gasteiger partial charge in [-0.1, -0.05) is 37.6 Å². The fraction of sp³-hybridized carbons (Fsp3) is 0.294. The Labute approximate surface area is 134 Å². The standard InChI is InChI=1S/C17H17ClN2O2/c1-17(2)10-12-8-13(18)6-7-15(12)19-16(17)11-4-3-5-14(9-11)20(21)22/h3-9,16,19H,10H2,1-2H3/t16-/m0/s1. The SMILES string of the molecule is CC1(C)Cc2cc(Cl)ccc2N[C@H]1c1cccc([N+](=O)[O-])c1. The Morgan fingerprint density at radius 3 is 2.77 bits per heavy atom. The third-order valence-corrected chi connectivity index (χ3v) is 4.44. The van der Waals surface area contributed by atoms with Crippen LogP contribution in [-0.2, 0) is 6.42 Å². The monoisotopic (exact) mass is 316 g/mol. The molecule has 1 atom stereocenters. The Hall–Kier alpha value is -2.07. The zero-order valence-electron chi connectivity index (χ0n) is 12.5. The van der Waals surface area contributed by atoms with Gasteiger partial charge in [-0.3, -0.25) is 10.1 Å². The van der Waals surface area contributed by atoms with Crippen LogP contribution in [0.5, 0.6) is 0 Å². The molecule has 0 bridgehead atoms. The summed E-state index contributed by atoms with van der Waals surface area (Å²) in [5.74, 6) is 0. The number of nitrogens with zero attached hydrogens (tertiary/aromatic N) is 1. The maximum absolute atomic E-state index is 11.0. The van der Waals surface area contributed by atoms with Gasteiger partial charge in [0.05, 0.1) is 11.0 Å². The molecule has 1 N–H and O–H groups in total. The van der Waals surface area contributed by atoms with Crippen molar-refractivity contribution >= 4 is 23.0 Å². The summed E-state index contributed by atoms with van der Waals surface area (Å²) in [5, 5.41) is 15.2. The van der Waals surface area contributed by atoms with Crippen molar-refractivity contribution in [2.75, 3.05) is 5.32 Å². The summed E-state index contributed by atoms with van der Waals surface area (Å²) >= 11 is 6.08. The van der Waals surface area contributed by atoms with Crippen LogP contribution in [0.3, 0.4) is 0 Å². The predicted molar refractivity (Wildman–Crippen MR) is 88.4 cm³/mol. The molecule has 3 rings (SSSR count). The number of rotatable bonds is 2. The maximum Gasteiger partial charge on any atom is 0.269 e. The fourth-order valence-electron chi connectivity index (χ4n) is 3.15.